The van der Waals surface area contributed by atoms with E-state index in [9.17, 15) is 9.59 Å². The molecule has 0 fully saturated rings. The van der Waals surface area contributed by atoms with Crippen LogP contribution in [0, 0.1) is 11.3 Å². The summed E-state index contributed by atoms with van der Waals surface area (Å²) in [6.45, 7) is 8.88. The lowest BCUT2D eigenvalue weighted by Gasteiger charge is -2.33. The fourth-order valence-electron chi connectivity index (χ4n) is 4.35. The van der Waals surface area contributed by atoms with Crippen molar-refractivity contribution >= 4 is 33.1 Å². The van der Waals surface area contributed by atoms with Crippen LogP contribution in [0.15, 0.2) is 35.4 Å². The molecule has 30 heavy (non-hydrogen) atoms. The topological polar surface area (TPSA) is 64.0 Å². The van der Waals surface area contributed by atoms with Crippen LogP contribution in [0.4, 0.5) is 5.69 Å². The maximum atomic E-state index is 13.2. The number of carbonyl (C=O) groups excluding carboxylic acids is 1. The molecule has 0 radical (unpaired) electrons. The first kappa shape index (κ1) is 20.8. The zero-order chi connectivity index (χ0) is 21.5. The molecule has 4 rings (SSSR count). The molecule has 0 saturated carbocycles. The Labute approximate surface area is 181 Å². The van der Waals surface area contributed by atoms with Crippen LogP contribution in [-0.2, 0) is 30.6 Å². The van der Waals surface area contributed by atoms with Gasteiger partial charge in [0.1, 0.15) is 11.4 Å². The predicted octanol–water partition coefficient (Wildman–Crippen LogP) is 4.81. The molecule has 1 aliphatic carbocycles. The number of rotatable bonds is 4. The largest absolute Gasteiger partial charge is 0.324 e. The number of nitrogens with zero attached hydrogens (tertiary/aromatic N) is 2. The minimum atomic E-state index is -0.212. The Balaban J connectivity index is 1.60. The first-order chi connectivity index (χ1) is 14.3. The lowest BCUT2D eigenvalue weighted by atomic mass is 9.72. The summed E-state index contributed by atoms with van der Waals surface area (Å²) in [5.41, 5.74) is 3.18. The molecule has 0 saturated heterocycles. The lowest BCUT2D eigenvalue weighted by molar-refractivity contribution is -0.116. The normalized spacial score (nSPS) is 16.5. The first-order valence-electron chi connectivity index (χ1n) is 10.7. The molecular formula is C24H29N3O2S. The smallest absolute Gasteiger partial charge is 0.262 e. The summed E-state index contributed by atoms with van der Waals surface area (Å²) in [5.74, 6) is 0.403. The summed E-state index contributed by atoms with van der Waals surface area (Å²) in [6, 6.07) is 7.75. The Morgan fingerprint density at radius 3 is 2.80 bits per heavy atom. The highest BCUT2D eigenvalue weighted by molar-refractivity contribution is 7.18. The molecule has 3 aromatic rings. The van der Waals surface area contributed by atoms with Gasteiger partial charge in [0, 0.05) is 10.6 Å². The fourth-order valence-corrected chi connectivity index (χ4v) is 5.61. The van der Waals surface area contributed by atoms with Crippen molar-refractivity contribution < 1.29 is 4.79 Å². The van der Waals surface area contributed by atoms with Gasteiger partial charge in [-0.1, -0.05) is 45.9 Å². The molecule has 6 heteroatoms. The number of para-hydroxylation sites is 1. The number of carbonyl (C=O) groups is 1. The van der Waals surface area contributed by atoms with E-state index < -0.39 is 0 Å². The molecule has 1 N–H and O–H groups in total. The van der Waals surface area contributed by atoms with Crippen molar-refractivity contribution in [1.82, 2.24) is 9.55 Å². The second-order valence-electron chi connectivity index (χ2n) is 9.23. The predicted molar refractivity (Wildman–Crippen MR) is 123 cm³/mol. The molecule has 0 spiro atoms. The Morgan fingerprint density at radius 1 is 1.30 bits per heavy atom. The molecule has 1 unspecified atom stereocenters. The van der Waals surface area contributed by atoms with Crippen LogP contribution < -0.4 is 10.9 Å². The van der Waals surface area contributed by atoms with E-state index in [-0.39, 0.29) is 23.4 Å². The van der Waals surface area contributed by atoms with Crippen molar-refractivity contribution in [2.45, 2.75) is 59.9 Å². The number of fused-ring (bicyclic) bond motifs is 3. The number of benzene rings is 1. The summed E-state index contributed by atoms with van der Waals surface area (Å²) in [4.78, 5) is 32.4. The number of aryl methyl sites for hydroxylation is 2. The summed E-state index contributed by atoms with van der Waals surface area (Å²) in [5, 5.41) is 3.65. The Hall–Kier alpha value is -2.47. The standard InChI is InChI=1S/C24H29N3O2S/c1-5-15-8-6-7-9-18(15)26-20(28)13-27-14-25-22-21(23(27)29)17-11-10-16(24(2,3)4)12-19(17)30-22/h6-9,14,16H,5,10-13H2,1-4H3,(H,26,28). The van der Waals surface area contributed by atoms with Crippen molar-refractivity contribution in [3.63, 3.8) is 0 Å². The van der Waals surface area contributed by atoms with Gasteiger partial charge in [-0.2, -0.15) is 0 Å². The van der Waals surface area contributed by atoms with Gasteiger partial charge in [0.25, 0.3) is 5.56 Å². The van der Waals surface area contributed by atoms with Gasteiger partial charge in [0.15, 0.2) is 0 Å². The Kier molecular flexibility index (Phi) is 5.53. The van der Waals surface area contributed by atoms with Gasteiger partial charge >= 0.3 is 0 Å². The van der Waals surface area contributed by atoms with E-state index in [0.717, 1.165) is 47.3 Å². The number of aromatic nitrogens is 2. The Bertz CT molecular complexity index is 1150. The van der Waals surface area contributed by atoms with E-state index in [1.807, 2.05) is 24.3 Å². The van der Waals surface area contributed by atoms with E-state index in [0.29, 0.717) is 11.3 Å². The fraction of sp³-hybridized carbons (Fsp3) is 0.458. The molecule has 2 aromatic heterocycles. The van der Waals surface area contributed by atoms with Crippen molar-refractivity contribution in [2.24, 2.45) is 11.3 Å². The highest BCUT2D eigenvalue weighted by Gasteiger charge is 2.31. The molecule has 1 aromatic carbocycles. The van der Waals surface area contributed by atoms with E-state index in [4.69, 9.17) is 0 Å². The second kappa shape index (κ2) is 7.99. The molecule has 5 nitrogen and oxygen atoms in total. The third-order valence-electron chi connectivity index (χ3n) is 6.25. The number of nitrogens with one attached hydrogen (secondary N) is 1. The van der Waals surface area contributed by atoms with Crippen LogP contribution in [0.25, 0.3) is 10.2 Å². The molecule has 1 atom stereocenters. The van der Waals surface area contributed by atoms with Crippen LogP contribution >= 0.6 is 11.3 Å². The van der Waals surface area contributed by atoms with E-state index in [1.165, 1.54) is 15.8 Å². The van der Waals surface area contributed by atoms with Crippen LogP contribution in [0.2, 0.25) is 0 Å². The van der Waals surface area contributed by atoms with E-state index in [2.05, 4.69) is 38.0 Å². The van der Waals surface area contributed by atoms with E-state index >= 15 is 0 Å². The summed E-state index contributed by atoms with van der Waals surface area (Å²) in [6.07, 6.45) is 5.35. The summed E-state index contributed by atoms with van der Waals surface area (Å²) >= 11 is 1.64. The zero-order valence-corrected chi connectivity index (χ0v) is 18.9. The minimum absolute atomic E-state index is 0.0327. The molecule has 158 valence electrons. The number of anilines is 1. The summed E-state index contributed by atoms with van der Waals surface area (Å²) in [7, 11) is 0. The molecular weight excluding hydrogens is 394 g/mol. The molecule has 1 aliphatic rings. The zero-order valence-electron chi connectivity index (χ0n) is 18.1. The molecule has 0 bridgehead atoms. The van der Waals surface area contributed by atoms with Gasteiger partial charge in [-0.3, -0.25) is 14.2 Å². The minimum Gasteiger partial charge on any atom is -0.324 e. The van der Waals surface area contributed by atoms with Crippen LogP contribution in [0.5, 0.6) is 0 Å². The number of hydrogen-bond acceptors (Lipinski definition) is 4. The van der Waals surface area contributed by atoms with Crippen LogP contribution in [0.1, 0.15) is 50.1 Å². The third-order valence-corrected chi connectivity index (χ3v) is 7.41. The Morgan fingerprint density at radius 2 is 2.07 bits per heavy atom. The average Bonchev–Trinajstić information content (AvgIpc) is 3.08. The number of amides is 1. The quantitative estimate of drug-likeness (QED) is 0.655. The van der Waals surface area contributed by atoms with E-state index in [1.54, 1.807) is 11.3 Å². The van der Waals surface area contributed by atoms with Crippen LogP contribution in [-0.4, -0.2) is 15.5 Å². The SMILES string of the molecule is CCc1ccccc1NC(=O)Cn1cnc2sc3c(c2c1=O)CCC(C(C)(C)C)C3. The van der Waals surface area contributed by atoms with Gasteiger partial charge in [-0.25, -0.2) is 4.98 Å². The second-order valence-corrected chi connectivity index (χ2v) is 10.3. The first-order valence-corrected chi connectivity index (χ1v) is 11.5. The van der Waals surface area contributed by atoms with Crippen molar-refractivity contribution in [1.29, 1.82) is 0 Å². The molecule has 2 heterocycles. The molecule has 1 amide bonds. The van der Waals surface area contributed by atoms with Crippen molar-refractivity contribution in [2.75, 3.05) is 5.32 Å². The van der Waals surface area contributed by atoms with Crippen molar-refractivity contribution in [3.8, 4) is 0 Å². The van der Waals surface area contributed by atoms with Gasteiger partial charge in [-0.05, 0) is 54.2 Å². The highest BCUT2D eigenvalue weighted by atomic mass is 32.1. The van der Waals surface area contributed by atoms with Gasteiger partial charge < -0.3 is 5.32 Å². The summed E-state index contributed by atoms with van der Waals surface area (Å²) < 4.78 is 1.44. The average molecular weight is 424 g/mol. The van der Waals surface area contributed by atoms with Gasteiger partial charge in [-0.15, -0.1) is 11.3 Å². The van der Waals surface area contributed by atoms with Crippen molar-refractivity contribution in [3.05, 3.63) is 57.0 Å². The monoisotopic (exact) mass is 423 g/mol. The number of hydrogen-bond donors (Lipinski definition) is 1. The van der Waals surface area contributed by atoms with Gasteiger partial charge in [0.05, 0.1) is 11.7 Å². The third kappa shape index (κ3) is 3.93. The maximum Gasteiger partial charge on any atom is 0.262 e. The lowest BCUT2D eigenvalue weighted by Crippen LogP contribution is -2.29. The molecule has 0 aliphatic heterocycles. The maximum absolute atomic E-state index is 13.2. The highest BCUT2D eigenvalue weighted by Crippen LogP contribution is 2.41. The van der Waals surface area contributed by atoms with Gasteiger partial charge in [0.2, 0.25) is 5.91 Å². The number of thiophene rings is 1. The van der Waals surface area contributed by atoms with Crippen LogP contribution in [0.3, 0.4) is 0 Å².